The Labute approximate surface area is 78.2 Å². The van der Waals surface area contributed by atoms with Crippen LogP contribution in [0.15, 0.2) is 24.3 Å². The van der Waals surface area contributed by atoms with E-state index in [1.165, 1.54) is 6.07 Å². The molecule has 1 rings (SSSR count). The molecular formula is C11H15FO. The van der Waals surface area contributed by atoms with Crippen molar-refractivity contribution in [2.45, 2.75) is 32.3 Å². The summed E-state index contributed by atoms with van der Waals surface area (Å²) in [6.07, 6.45) is 1.66. The number of rotatable bonds is 4. The molecule has 1 nitrogen and oxygen atoms in total. The lowest BCUT2D eigenvalue weighted by molar-refractivity contribution is 0.162. The van der Waals surface area contributed by atoms with Crippen LogP contribution >= 0.6 is 0 Å². The first kappa shape index (κ1) is 10.2. The lowest BCUT2D eigenvalue weighted by Crippen LogP contribution is -2.10. The van der Waals surface area contributed by atoms with Gasteiger partial charge in [0.05, 0.1) is 6.10 Å². The third-order valence-corrected chi connectivity index (χ3v) is 2.04. The SMILES string of the molecule is CCC[C@@H](O)Cc1ccccc1F. The zero-order chi connectivity index (χ0) is 9.68. The molecule has 0 unspecified atom stereocenters. The van der Waals surface area contributed by atoms with Crippen molar-refractivity contribution in [3.8, 4) is 0 Å². The van der Waals surface area contributed by atoms with Gasteiger partial charge in [-0.25, -0.2) is 4.39 Å². The van der Waals surface area contributed by atoms with Crippen LogP contribution in [-0.4, -0.2) is 11.2 Å². The molecule has 13 heavy (non-hydrogen) atoms. The van der Waals surface area contributed by atoms with Crippen LogP contribution in [0.25, 0.3) is 0 Å². The zero-order valence-corrected chi connectivity index (χ0v) is 7.83. The van der Waals surface area contributed by atoms with Gasteiger partial charge in [-0.15, -0.1) is 0 Å². The number of aliphatic hydroxyl groups excluding tert-OH is 1. The summed E-state index contributed by atoms with van der Waals surface area (Å²) in [6.45, 7) is 2.00. The van der Waals surface area contributed by atoms with Gasteiger partial charge in [0.2, 0.25) is 0 Å². The molecule has 2 heteroatoms. The number of halogens is 1. The first-order valence-electron chi connectivity index (χ1n) is 4.65. The molecule has 0 amide bonds. The first-order valence-corrected chi connectivity index (χ1v) is 4.65. The standard InChI is InChI=1S/C11H15FO/c1-2-5-10(13)8-9-6-3-4-7-11(9)12/h3-4,6-7,10,13H,2,5,8H2,1H3/t10-/m1/s1. The average molecular weight is 182 g/mol. The van der Waals surface area contributed by atoms with Crippen LogP contribution in [0.5, 0.6) is 0 Å². The molecule has 0 saturated heterocycles. The summed E-state index contributed by atoms with van der Waals surface area (Å²) in [6, 6.07) is 6.59. The molecule has 0 aliphatic carbocycles. The van der Waals surface area contributed by atoms with Crippen molar-refractivity contribution >= 4 is 0 Å². The Morgan fingerprint density at radius 2 is 2.08 bits per heavy atom. The zero-order valence-electron chi connectivity index (χ0n) is 7.83. The van der Waals surface area contributed by atoms with Crippen LogP contribution in [0.4, 0.5) is 4.39 Å². The minimum absolute atomic E-state index is 0.224. The number of aliphatic hydroxyl groups is 1. The van der Waals surface area contributed by atoms with Crippen molar-refractivity contribution in [2.75, 3.05) is 0 Å². The van der Waals surface area contributed by atoms with E-state index >= 15 is 0 Å². The summed E-state index contributed by atoms with van der Waals surface area (Å²) in [5, 5.41) is 9.46. The summed E-state index contributed by atoms with van der Waals surface area (Å²) < 4.78 is 13.1. The van der Waals surface area contributed by atoms with E-state index in [9.17, 15) is 9.50 Å². The monoisotopic (exact) mass is 182 g/mol. The van der Waals surface area contributed by atoms with Crippen LogP contribution in [0.3, 0.4) is 0 Å². The van der Waals surface area contributed by atoms with E-state index in [2.05, 4.69) is 0 Å². The van der Waals surface area contributed by atoms with Gasteiger partial charge in [0.1, 0.15) is 5.82 Å². The Morgan fingerprint density at radius 3 is 2.69 bits per heavy atom. The normalized spacial score (nSPS) is 12.8. The Hall–Kier alpha value is -0.890. The molecule has 1 aromatic carbocycles. The van der Waals surface area contributed by atoms with Gasteiger partial charge in [-0.1, -0.05) is 31.5 Å². The maximum absolute atomic E-state index is 13.1. The van der Waals surface area contributed by atoms with Crippen molar-refractivity contribution in [1.29, 1.82) is 0 Å². The van der Waals surface area contributed by atoms with Gasteiger partial charge in [-0.3, -0.25) is 0 Å². The van der Waals surface area contributed by atoms with Gasteiger partial charge < -0.3 is 5.11 Å². The fourth-order valence-electron chi connectivity index (χ4n) is 1.35. The maximum Gasteiger partial charge on any atom is 0.126 e. The second kappa shape index (κ2) is 4.97. The highest BCUT2D eigenvalue weighted by Gasteiger charge is 2.07. The van der Waals surface area contributed by atoms with Gasteiger partial charge >= 0.3 is 0 Å². The highest BCUT2D eigenvalue weighted by atomic mass is 19.1. The highest BCUT2D eigenvalue weighted by Crippen LogP contribution is 2.11. The predicted molar refractivity (Wildman–Crippen MR) is 51.0 cm³/mol. The third kappa shape index (κ3) is 3.15. The minimum Gasteiger partial charge on any atom is -0.393 e. The fourth-order valence-corrected chi connectivity index (χ4v) is 1.35. The quantitative estimate of drug-likeness (QED) is 0.758. The molecule has 0 saturated carbocycles. The molecule has 0 bridgehead atoms. The molecule has 0 aromatic heterocycles. The topological polar surface area (TPSA) is 20.2 Å². The molecule has 1 aromatic rings. The van der Waals surface area contributed by atoms with Crippen molar-refractivity contribution in [2.24, 2.45) is 0 Å². The van der Waals surface area contributed by atoms with E-state index in [4.69, 9.17) is 0 Å². The van der Waals surface area contributed by atoms with E-state index < -0.39 is 6.10 Å². The largest absolute Gasteiger partial charge is 0.393 e. The number of hydrogen-bond donors (Lipinski definition) is 1. The van der Waals surface area contributed by atoms with Crippen molar-refractivity contribution < 1.29 is 9.50 Å². The Morgan fingerprint density at radius 1 is 1.38 bits per heavy atom. The number of benzene rings is 1. The molecule has 0 fully saturated rings. The summed E-state index contributed by atoms with van der Waals surface area (Å²) in [5.41, 5.74) is 0.600. The summed E-state index contributed by atoms with van der Waals surface area (Å²) in [5.74, 6) is -0.224. The van der Waals surface area contributed by atoms with Crippen LogP contribution in [0.2, 0.25) is 0 Å². The fraction of sp³-hybridized carbons (Fsp3) is 0.455. The molecule has 0 spiro atoms. The van der Waals surface area contributed by atoms with Crippen molar-refractivity contribution in [3.05, 3.63) is 35.6 Å². The third-order valence-electron chi connectivity index (χ3n) is 2.04. The molecule has 0 aliphatic rings. The van der Waals surface area contributed by atoms with Gasteiger partial charge in [-0.05, 0) is 18.1 Å². The summed E-state index contributed by atoms with van der Waals surface area (Å²) >= 11 is 0. The second-order valence-electron chi connectivity index (χ2n) is 3.24. The molecule has 0 radical (unpaired) electrons. The molecule has 1 N–H and O–H groups in total. The molecule has 0 aliphatic heterocycles. The average Bonchev–Trinajstić information content (AvgIpc) is 2.09. The first-order chi connectivity index (χ1) is 6.24. The van der Waals surface area contributed by atoms with Crippen LogP contribution < -0.4 is 0 Å². The van der Waals surface area contributed by atoms with E-state index in [1.807, 2.05) is 6.92 Å². The van der Waals surface area contributed by atoms with Gasteiger partial charge in [-0.2, -0.15) is 0 Å². The van der Waals surface area contributed by atoms with Gasteiger partial charge in [0, 0.05) is 6.42 Å². The van der Waals surface area contributed by atoms with Crippen molar-refractivity contribution in [3.63, 3.8) is 0 Å². The number of hydrogen-bond acceptors (Lipinski definition) is 1. The Kier molecular flexibility index (Phi) is 3.90. The second-order valence-corrected chi connectivity index (χ2v) is 3.24. The smallest absolute Gasteiger partial charge is 0.126 e. The van der Waals surface area contributed by atoms with E-state index in [1.54, 1.807) is 18.2 Å². The van der Waals surface area contributed by atoms with Crippen LogP contribution in [0, 0.1) is 5.82 Å². The van der Waals surface area contributed by atoms with E-state index in [0.29, 0.717) is 12.0 Å². The Balaban J connectivity index is 2.58. The van der Waals surface area contributed by atoms with Gasteiger partial charge in [0.15, 0.2) is 0 Å². The lowest BCUT2D eigenvalue weighted by atomic mass is 10.0. The van der Waals surface area contributed by atoms with E-state index in [-0.39, 0.29) is 5.82 Å². The maximum atomic E-state index is 13.1. The molecule has 0 heterocycles. The van der Waals surface area contributed by atoms with Crippen LogP contribution in [-0.2, 0) is 6.42 Å². The Bertz CT molecular complexity index is 260. The molecule has 1 atom stereocenters. The summed E-state index contributed by atoms with van der Waals surface area (Å²) in [7, 11) is 0. The molecular weight excluding hydrogens is 167 g/mol. The van der Waals surface area contributed by atoms with Crippen molar-refractivity contribution in [1.82, 2.24) is 0 Å². The van der Waals surface area contributed by atoms with Crippen LogP contribution in [0.1, 0.15) is 25.3 Å². The van der Waals surface area contributed by atoms with Gasteiger partial charge in [0.25, 0.3) is 0 Å². The molecule has 72 valence electrons. The minimum atomic E-state index is -0.415. The summed E-state index contributed by atoms with van der Waals surface area (Å²) in [4.78, 5) is 0. The lowest BCUT2D eigenvalue weighted by Gasteiger charge is -2.09. The predicted octanol–water partition coefficient (Wildman–Crippen LogP) is 2.53. The van der Waals surface area contributed by atoms with E-state index in [0.717, 1.165) is 12.8 Å². The highest BCUT2D eigenvalue weighted by molar-refractivity contribution is 5.17.